The molecule has 3 nitrogen and oxygen atoms in total. The van der Waals surface area contributed by atoms with Gasteiger partial charge in [-0.3, -0.25) is 4.99 Å². The van der Waals surface area contributed by atoms with Gasteiger partial charge in [-0.1, -0.05) is 31.7 Å². The van der Waals surface area contributed by atoms with Gasteiger partial charge in [0.05, 0.1) is 6.54 Å². The van der Waals surface area contributed by atoms with E-state index >= 15 is 0 Å². The van der Waals surface area contributed by atoms with Crippen molar-refractivity contribution >= 4 is 17.3 Å². The third-order valence-electron chi connectivity index (χ3n) is 3.79. The number of hydrogen-bond donors (Lipinski definition) is 2. The van der Waals surface area contributed by atoms with E-state index in [1.165, 1.54) is 43.4 Å². The van der Waals surface area contributed by atoms with E-state index in [4.69, 9.17) is 0 Å². The van der Waals surface area contributed by atoms with Crippen LogP contribution in [0.15, 0.2) is 22.5 Å². The van der Waals surface area contributed by atoms with E-state index in [1.807, 2.05) is 7.05 Å². The second-order valence-corrected chi connectivity index (χ2v) is 6.26. The minimum Gasteiger partial charge on any atom is -0.356 e. The van der Waals surface area contributed by atoms with E-state index in [2.05, 4.69) is 33.1 Å². The van der Waals surface area contributed by atoms with Crippen molar-refractivity contribution in [2.75, 3.05) is 13.6 Å². The molecule has 1 heterocycles. The molecule has 1 saturated carbocycles. The average Bonchev–Trinajstić information content (AvgIpc) is 3.11. The second kappa shape index (κ2) is 8.20. The molecule has 2 N–H and O–H groups in total. The van der Waals surface area contributed by atoms with Crippen LogP contribution in [-0.4, -0.2) is 19.6 Å². The largest absolute Gasteiger partial charge is 0.356 e. The van der Waals surface area contributed by atoms with Gasteiger partial charge in [-0.2, -0.15) is 0 Å². The number of guanidine groups is 1. The lowest BCUT2D eigenvalue weighted by Gasteiger charge is -2.12. The molecule has 1 aliphatic carbocycles. The Hall–Kier alpha value is -1.03. The molecule has 1 aliphatic rings. The Morgan fingerprint density at radius 2 is 2.21 bits per heavy atom. The zero-order valence-electron chi connectivity index (χ0n) is 11.8. The Bertz CT molecular complexity index is 367. The van der Waals surface area contributed by atoms with Crippen LogP contribution in [0.5, 0.6) is 0 Å². The van der Waals surface area contributed by atoms with Crippen molar-refractivity contribution in [2.24, 2.45) is 10.9 Å². The number of hydrogen-bond acceptors (Lipinski definition) is 2. The van der Waals surface area contributed by atoms with E-state index in [-0.39, 0.29) is 0 Å². The highest BCUT2D eigenvalue weighted by Crippen LogP contribution is 2.28. The number of aliphatic imine (C=N–C) groups is 1. The summed E-state index contributed by atoms with van der Waals surface area (Å²) in [6.07, 6.45) is 8.42. The monoisotopic (exact) mass is 279 g/mol. The Balaban J connectivity index is 1.57. The molecule has 0 aliphatic heterocycles. The Morgan fingerprint density at radius 3 is 2.89 bits per heavy atom. The normalized spacial score (nSPS) is 16.8. The van der Waals surface area contributed by atoms with E-state index in [9.17, 15) is 0 Å². The van der Waals surface area contributed by atoms with Gasteiger partial charge in [0.1, 0.15) is 0 Å². The predicted octanol–water partition coefficient (Wildman–Crippen LogP) is 3.38. The summed E-state index contributed by atoms with van der Waals surface area (Å²) in [4.78, 5) is 5.60. The third kappa shape index (κ3) is 5.23. The predicted molar refractivity (Wildman–Crippen MR) is 83.7 cm³/mol. The number of thiophene rings is 1. The number of rotatable bonds is 6. The highest BCUT2D eigenvalue weighted by atomic mass is 32.1. The zero-order valence-corrected chi connectivity index (χ0v) is 12.6. The molecule has 1 aromatic rings. The van der Waals surface area contributed by atoms with Crippen molar-refractivity contribution in [1.29, 1.82) is 0 Å². The van der Waals surface area contributed by atoms with Crippen molar-refractivity contribution < 1.29 is 0 Å². The standard InChI is InChI=1S/C15H25N3S/c1-16-15(18-12-14-9-5-11-19-14)17-10-4-8-13-6-2-3-7-13/h5,9,11,13H,2-4,6-8,10,12H2,1H3,(H2,16,17,18). The summed E-state index contributed by atoms with van der Waals surface area (Å²) in [5.41, 5.74) is 0. The summed E-state index contributed by atoms with van der Waals surface area (Å²) in [7, 11) is 1.83. The van der Waals surface area contributed by atoms with Crippen LogP contribution in [0.1, 0.15) is 43.4 Å². The molecule has 1 aromatic heterocycles. The van der Waals surface area contributed by atoms with Gasteiger partial charge in [0.2, 0.25) is 0 Å². The third-order valence-corrected chi connectivity index (χ3v) is 4.67. The van der Waals surface area contributed by atoms with Crippen molar-refractivity contribution in [2.45, 2.75) is 45.1 Å². The van der Waals surface area contributed by atoms with E-state index in [1.54, 1.807) is 11.3 Å². The molecular formula is C15H25N3S. The molecule has 0 bridgehead atoms. The van der Waals surface area contributed by atoms with Crippen LogP contribution in [0.3, 0.4) is 0 Å². The van der Waals surface area contributed by atoms with E-state index in [0.717, 1.165) is 25.0 Å². The molecular weight excluding hydrogens is 254 g/mol. The minimum absolute atomic E-state index is 0.861. The molecule has 1 fully saturated rings. The molecule has 4 heteroatoms. The van der Waals surface area contributed by atoms with Crippen LogP contribution < -0.4 is 10.6 Å². The van der Waals surface area contributed by atoms with Gasteiger partial charge in [0.25, 0.3) is 0 Å². The van der Waals surface area contributed by atoms with E-state index in [0.29, 0.717) is 0 Å². The molecule has 0 spiro atoms. The van der Waals surface area contributed by atoms with Gasteiger partial charge in [0, 0.05) is 18.5 Å². The summed E-state index contributed by atoms with van der Waals surface area (Å²) in [6.45, 7) is 1.89. The van der Waals surface area contributed by atoms with Crippen molar-refractivity contribution in [1.82, 2.24) is 10.6 Å². The molecule has 0 saturated heterocycles. The van der Waals surface area contributed by atoms with Crippen LogP contribution in [0.2, 0.25) is 0 Å². The van der Waals surface area contributed by atoms with Crippen molar-refractivity contribution in [3.63, 3.8) is 0 Å². The van der Waals surface area contributed by atoms with Crippen LogP contribution >= 0.6 is 11.3 Å². The quantitative estimate of drug-likeness (QED) is 0.476. The zero-order chi connectivity index (χ0) is 13.3. The Morgan fingerprint density at radius 1 is 1.37 bits per heavy atom. The van der Waals surface area contributed by atoms with Crippen LogP contribution in [0.4, 0.5) is 0 Å². The van der Waals surface area contributed by atoms with Crippen molar-refractivity contribution in [3.8, 4) is 0 Å². The number of nitrogens with one attached hydrogen (secondary N) is 2. The molecule has 0 atom stereocenters. The summed E-state index contributed by atoms with van der Waals surface area (Å²) >= 11 is 1.78. The maximum Gasteiger partial charge on any atom is 0.191 e. The number of nitrogens with zero attached hydrogens (tertiary/aromatic N) is 1. The summed E-state index contributed by atoms with van der Waals surface area (Å²) in [6, 6.07) is 4.23. The molecule has 0 radical (unpaired) electrons. The topological polar surface area (TPSA) is 36.4 Å². The van der Waals surface area contributed by atoms with E-state index < -0.39 is 0 Å². The van der Waals surface area contributed by atoms with Gasteiger partial charge < -0.3 is 10.6 Å². The first-order chi connectivity index (χ1) is 9.38. The average molecular weight is 279 g/mol. The Kier molecular flexibility index (Phi) is 6.21. The smallest absolute Gasteiger partial charge is 0.191 e. The summed E-state index contributed by atoms with van der Waals surface area (Å²) < 4.78 is 0. The first-order valence-corrected chi connectivity index (χ1v) is 8.23. The highest BCUT2D eigenvalue weighted by molar-refractivity contribution is 7.09. The van der Waals surface area contributed by atoms with Crippen LogP contribution in [0.25, 0.3) is 0 Å². The lowest BCUT2D eigenvalue weighted by Crippen LogP contribution is -2.37. The molecule has 0 amide bonds. The maximum absolute atomic E-state index is 4.26. The lowest BCUT2D eigenvalue weighted by atomic mass is 10.0. The molecule has 19 heavy (non-hydrogen) atoms. The first-order valence-electron chi connectivity index (χ1n) is 7.35. The van der Waals surface area contributed by atoms with Gasteiger partial charge in [-0.05, 0) is 30.2 Å². The minimum atomic E-state index is 0.861. The SMILES string of the molecule is CN=C(NCCCC1CCCC1)NCc1cccs1. The second-order valence-electron chi connectivity index (χ2n) is 5.22. The van der Waals surface area contributed by atoms with Gasteiger partial charge in [0.15, 0.2) is 5.96 Å². The fourth-order valence-electron chi connectivity index (χ4n) is 2.70. The Labute approximate surface area is 120 Å². The lowest BCUT2D eigenvalue weighted by molar-refractivity contribution is 0.481. The highest BCUT2D eigenvalue weighted by Gasteiger charge is 2.13. The molecule has 0 aromatic carbocycles. The fourth-order valence-corrected chi connectivity index (χ4v) is 3.35. The van der Waals surface area contributed by atoms with Gasteiger partial charge in [-0.15, -0.1) is 11.3 Å². The van der Waals surface area contributed by atoms with Gasteiger partial charge >= 0.3 is 0 Å². The van der Waals surface area contributed by atoms with Gasteiger partial charge in [-0.25, -0.2) is 0 Å². The summed E-state index contributed by atoms with van der Waals surface area (Å²) in [5.74, 6) is 1.91. The molecule has 106 valence electrons. The molecule has 0 unspecified atom stereocenters. The molecule has 2 rings (SSSR count). The first kappa shape index (κ1) is 14.4. The van der Waals surface area contributed by atoms with Crippen LogP contribution in [-0.2, 0) is 6.54 Å². The summed E-state index contributed by atoms with van der Waals surface area (Å²) in [5, 5.41) is 8.85. The van der Waals surface area contributed by atoms with Crippen molar-refractivity contribution in [3.05, 3.63) is 22.4 Å². The maximum atomic E-state index is 4.26. The fraction of sp³-hybridized carbons (Fsp3) is 0.667. The van der Waals surface area contributed by atoms with Crippen LogP contribution in [0, 0.1) is 5.92 Å².